The first kappa shape index (κ1) is 18.4. The van der Waals surface area contributed by atoms with Crippen LogP contribution in [0, 0.1) is 18.3 Å². The highest BCUT2D eigenvalue weighted by Gasteiger charge is 2.32. The van der Waals surface area contributed by atoms with Gasteiger partial charge in [-0.2, -0.15) is 5.26 Å². The number of aryl methyl sites for hydroxylation is 2. The van der Waals surface area contributed by atoms with Gasteiger partial charge in [0.1, 0.15) is 27.2 Å². The second kappa shape index (κ2) is 6.57. The molecular weight excluding hydrogens is 392 g/mol. The standard InChI is InChI=1S/C19H14N6O3S/c1-8-3-5-9(6-4-8)11-10(7-20)17(22)23-18-12(11)13(21)16(29-18)15(26)14-19(27)28-24-25(14)2/h3-6H,1-2H3,(H4-,21,22,23,24,26,27)/p+1. The maximum absolute atomic E-state index is 13.0. The number of anilines is 2. The molecule has 0 aliphatic heterocycles. The predicted molar refractivity (Wildman–Crippen MR) is 107 cm³/mol. The number of nitrogens with one attached hydrogen (secondary N) is 1. The minimum absolute atomic E-state index is 0.0440. The van der Waals surface area contributed by atoms with E-state index < -0.39 is 11.4 Å². The molecule has 0 amide bonds. The number of carbonyl (C=O) groups is 1. The van der Waals surface area contributed by atoms with E-state index in [2.05, 4.69) is 20.8 Å². The van der Waals surface area contributed by atoms with Crippen LogP contribution in [0.5, 0.6) is 0 Å². The number of thiophene rings is 1. The first-order valence-corrected chi connectivity index (χ1v) is 9.26. The molecule has 9 nitrogen and oxygen atoms in total. The Kier molecular flexibility index (Phi) is 4.17. The summed E-state index contributed by atoms with van der Waals surface area (Å²) in [6.45, 7) is 1.95. The minimum atomic E-state index is -0.807. The first-order chi connectivity index (χ1) is 13.8. The second-order valence-corrected chi connectivity index (χ2v) is 7.47. The van der Waals surface area contributed by atoms with Gasteiger partial charge >= 0.3 is 11.3 Å². The number of aromatic amines is 1. The average Bonchev–Trinajstić information content (AvgIpc) is 3.20. The Morgan fingerprint density at radius 3 is 2.59 bits per heavy atom. The maximum atomic E-state index is 13.0. The third kappa shape index (κ3) is 2.76. The van der Waals surface area contributed by atoms with Gasteiger partial charge in [-0.1, -0.05) is 34.5 Å². The van der Waals surface area contributed by atoms with Crippen molar-refractivity contribution in [1.29, 1.82) is 5.26 Å². The molecule has 0 fully saturated rings. The molecule has 0 unspecified atom stereocenters. The maximum Gasteiger partial charge on any atom is 0.438 e. The van der Waals surface area contributed by atoms with E-state index >= 15 is 0 Å². The molecule has 1 aromatic carbocycles. The molecule has 3 heterocycles. The third-order valence-electron chi connectivity index (χ3n) is 4.58. The Morgan fingerprint density at radius 2 is 2.00 bits per heavy atom. The van der Waals surface area contributed by atoms with Gasteiger partial charge < -0.3 is 11.5 Å². The molecular formula is C19H15N6O3S+. The Bertz CT molecular complexity index is 1390. The fourth-order valence-electron chi connectivity index (χ4n) is 3.15. The number of aromatic nitrogens is 3. The minimum Gasteiger partial charge on any atom is -0.397 e. The molecule has 10 heteroatoms. The van der Waals surface area contributed by atoms with E-state index in [0.29, 0.717) is 15.8 Å². The van der Waals surface area contributed by atoms with Crippen molar-refractivity contribution in [3.8, 4) is 17.2 Å². The van der Waals surface area contributed by atoms with Crippen LogP contribution in [0.15, 0.2) is 33.6 Å². The van der Waals surface area contributed by atoms with Gasteiger partial charge in [-0.25, -0.2) is 9.78 Å². The van der Waals surface area contributed by atoms with E-state index in [0.717, 1.165) is 22.5 Å². The number of nitrogens with zero attached hydrogens (tertiary/aromatic N) is 3. The molecule has 4 rings (SSSR count). The zero-order valence-corrected chi connectivity index (χ0v) is 16.3. The van der Waals surface area contributed by atoms with Gasteiger partial charge in [0.15, 0.2) is 7.05 Å². The topological polar surface area (TPSA) is 156 Å². The summed E-state index contributed by atoms with van der Waals surface area (Å²) in [6.07, 6.45) is 0. The predicted octanol–water partition coefficient (Wildman–Crippen LogP) is 1.64. The van der Waals surface area contributed by atoms with Gasteiger partial charge in [0.05, 0.1) is 5.69 Å². The van der Waals surface area contributed by atoms with Crippen LogP contribution in [0.4, 0.5) is 11.5 Å². The molecule has 0 spiro atoms. The zero-order chi connectivity index (χ0) is 20.9. The number of hydrogen-bond acceptors (Lipinski definition) is 8. The summed E-state index contributed by atoms with van der Waals surface area (Å²) < 4.78 is 5.84. The SMILES string of the molecule is Cc1ccc(-c2c(C#N)c(N)nc3sc(C(=O)c4c(=O)o[nH][n+]4C)c(N)c23)cc1. The number of H-pyrrole nitrogens is 1. The lowest BCUT2D eigenvalue weighted by Crippen LogP contribution is -2.39. The smallest absolute Gasteiger partial charge is 0.397 e. The fourth-order valence-corrected chi connectivity index (χ4v) is 4.21. The molecule has 0 bridgehead atoms. The molecule has 29 heavy (non-hydrogen) atoms. The molecule has 5 N–H and O–H groups in total. The number of ketones is 1. The van der Waals surface area contributed by atoms with E-state index in [9.17, 15) is 14.9 Å². The number of rotatable bonds is 3. The highest BCUT2D eigenvalue weighted by atomic mass is 32.1. The Morgan fingerprint density at radius 1 is 1.31 bits per heavy atom. The first-order valence-electron chi connectivity index (χ1n) is 8.44. The number of nitriles is 1. The zero-order valence-electron chi connectivity index (χ0n) is 15.4. The highest BCUT2D eigenvalue weighted by Crippen LogP contribution is 2.42. The molecule has 144 valence electrons. The van der Waals surface area contributed by atoms with Crippen molar-refractivity contribution >= 4 is 38.8 Å². The summed E-state index contributed by atoms with van der Waals surface area (Å²) in [7, 11) is 1.48. The van der Waals surface area contributed by atoms with Crippen LogP contribution >= 0.6 is 11.3 Å². The van der Waals surface area contributed by atoms with Crippen LogP contribution in [0.3, 0.4) is 0 Å². The molecule has 3 aromatic heterocycles. The molecule has 0 saturated carbocycles. The summed E-state index contributed by atoms with van der Waals surface area (Å²) in [4.78, 5) is 29.7. The van der Waals surface area contributed by atoms with Crippen molar-refractivity contribution in [2.45, 2.75) is 6.92 Å². The number of pyridine rings is 1. The van der Waals surface area contributed by atoms with Gasteiger partial charge in [-0.15, -0.1) is 11.3 Å². The number of benzene rings is 1. The Labute approximate surface area is 167 Å². The van der Waals surface area contributed by atoms with Crippen LogP contribution < -0.4 is 21.8 Å². The highest BCUT2D eigenvalue weighted by molar-refractivity contribution is 7.21. The van der Waals surface area contributed by atoms with E-state index in [4.69, 9.17) is 11.5 Å². The number of hydrogen-bond donors (Lipinski definition) is 3. The lowest BCUT2D eigenvalue weighted by atomic mass is 9.96. The Balaban J connectivity index is 2.06. The van der Waals surface area contributed by atoms with Crippen LogP contribution in [-0.4, -0.2) is 16.0 Å². The largest absolute Gasteiger partial charge is 0.438 e. The molecule has 4 aromatic rings. The molecule has 0 radical (unpaired) electrons. The number of nitrogen functional groups attached to an aromatic ring is 2. The summed E-state index contributed by atoms with van der Waals surface area (Å²) >= 11 is 1.01. The quantitative estimate of drug-likeness (QED) is 0.344. The van der Waals surface area contributed by atoms with E-state index in [1.165, 1.54) is 11.7 Å². The number of nitrogens with two attached hydrogens (primary N) is 2. The van der Waals surface area contributed by atoms with Crippen molar-refractivity contribution in [2.24, 2.45) is 7.05 Å². The monoisotopic (exact) mass is 407 g/mol. The summed E-state index contributed by atoms with van der Waals surface area (Å²) in [5, 5.41) is 12.4. The van der Waals surface area contributed by atoms with Crippen LogP contribution in [0.1, 0.15) is 26.5 Å². The lowest BCUT2D eigenvalue weighted by Gasteiger charge is -2.09. The Hall–Kier alpha value is -3.97. The summed E-state index contributed by atoms with van der Waals surface area (Å²) in [6, 6.07) is 9.59. The van der Waals surface area contributed by atoms with Gasteiger partial charge in [0.25, 0.3) is 5.78 Å². The molecule has 0 saturated heterocycles. The lowest BCUT2D eigenvalue weighted by molar-refractivity contribution is -0.741. The van der Waals surface area contributed by atoms with E-state index in [-0.39, 0.29) is 27.6 Å². The number of carbonyl (C=O) groups excluding carboxylic acids is 1. The van der Waals surface area contributed by atoms with E-state index in [1.54, 1.807) is 0 Å². The molecule has 0 atom stereocenters. The van der Waals surface area contributed by atoms with Gasteiger partial charge in [0.2, 0.25) is 0 Å². The van der Waals surface area contributed by atoms with Crippen LogP contribution in [0.25, 0.3) is 21.3 Å². The third-order valence-corrected chi connectivity index (χ3v) is 5.68. The van der Waals surface area contributed by atoms with E-state index in [1.807, 2.05) is 31.2 Å². The van der Waals surface area contributed by atoms with Crippen molar-refractivity contribution in [1.82, 2.24) is 10.3 Å². The van der Waals surface area contributed by atoms with Crippen molar-refractivity contribution in [3.63, 3.8) is 0 Å². The number of fused-ring (bicyclic) bond motifs is 1. The molecule has 0 aliphatic rings. The summed E-state index contributed by atoms with van der Waals surface area (Å²) in [5.74, 6) is -0.558. The van der Waals surface area contributed by atoms with Crippen LogP contribution in [0.2, 0.25) is 0 Å². The van der Waals surface area contributed by atoms with Crippen molar-refractivity contribution in [3.05, 3.63) is 56.4 Å². The van der Waals surface area contributed by atoms with Crippen LogP contribution in [-0.2, 0) is 7.05 Å². The fraction of sp³-hybridized carbons (Fsp3) is 0.105. The van der Waals surface area contributed by atoms with Crippen molar-refractivity contribution < 1.29 is 14.0 Å². The van der Waals surface area contributed by atoms with Gasteiger partial charge in [-0.05, 0) is 17.8 Å². The summed E-state index contributed by atoms with van der Waals surface area (Å²) in [5.41, 5.74) is 13.9. The molecule has 0 aliphatic carbocycles. The van der Waals surface area contributed by atoms with Gasteiger partial charge in [0, 0.05) is 10.9 Å². The normalized spacial score (nSPS) is 10.9. The second-order valence-electron chi connectivity index (χ2n) is 6.47. The van der Waals surface area contributed by atoms with Gasteiger partial charge in [-0.3, -0.25) is 9.32 Å². The average molecular weight is 407 g/mol. The van der Waals surface area contributed by atoms with Crippen molar-refractivity contribution in [2.75, 3.05) is 11.5 Å².